The van der Waals surface area contributed by atoms with Crippen LogP contribution in [0.1, 0.15) is 25.3 Å². The third-order valence-electron chi connectivity index (χ3n) is 2.32. The maximum absolute atomic E-state index is 11.0. The summed E-state index contributed by atoms with van der Waals surface area (Å²) in [5, 5.41) is 0. The lowest BCUT2D eigenvalue weighted by atomic mass is 10.1. The van der Waals surface area contributed by atoms with Crippen LogP contribution in [0.3, 0.4) is 0 Å². The van der Waals surface area contributed by atoms with Gasteiger partial charge in [0.1, 0.15) is 0 Å². The van der Waals surface area contributed by atoms with Crippen molar-refractivity contribution in [2.75, 3.05) is 7.11 Å². The number of rotatable bonds is 5. The van der Waals surface area contributed by atoms with Crippen molar-refractivity contribution in [3.63, 3.8) is 0 Å². The SMILES string of the molecule is CCCC(C=CC(=O)OC)=Cc1ccccc1. The number of carbonyl (C=O) groups is 1. The van der Waals surface area contributed by atoms with Crippen molar-refractivity contribution in [1.82, 2.24) is 0 Å². The first-order chi connectivity index (χ1) is 8.26. The van der Waals surface area contributed by atoms with Gasteiger partial charge in [-0.2, -0.15) is 0 Å². The maximum atomic E-state index is 11.0. The Balaban J connectivity index is 2.82. The van der Waals surface area contributed by atoms with Crippen molar-refractivity contribution in [1.29, 1.82) is 0 Å². The summed E-state index contributed by atoms with van der Waals surface area (Å²) in [4.78, 5) is 11.0. The summed E-state index contributed by atoms with van der Waals surface area (Å²) in [6, 6.07) is 10.1. The maximum Gasteiger partial charge on any atom is 0.330 e. The molecule has 0 spiro atoms. The van der Waals surface area contributed by atoms with Crippen molar-refractivity contribution in [2.24, 2.45) is 0 Å². The summed E-state index contributed by atoms with van der Waals surface area (Å²) in [5.41, 5.74) is 2.27. The first kappa shape index (κ1) is 13.2. The Hall–Kier alpha value is -1.83. The second-order valence-corrected chi connectivity index (χ2v) is 3.74. The minimum absolute atomic E-state index is 0.319. The smallest absolute Gasteiger partial charge is 0.330 e. The van der Waals surface area contributed by atoms with Crippen molar-refractivity contribution in [2.45, 2.75) is 19.8 Å². The van der Waals surface area contributed by atoms with Gasteiger partial charge in [0.15, 0.2) is 0 Å². The highest BCUT2D eigenvalue weighted by Gasteiger charge is 1.95. The molecule has 1 aromatic carbocycles. The highest BCUT2D eigenvalue weighted by molar-refractivity contribution is 5.82. The van der Waals surface area contributed by atoms with E-state index in [0.717, 1.165) is 24.0 Å². The van der Waals surface area contributed by atoms with Gasteiger partial charge in [-0.25, -0.2) is 4.79 Å². The number of esters is 1. The number of ether oxygens (including phenoxy) is 1. The largest absolute Gasteiger partial charge is 0.466 e. The molecule has 0 aromatic heterocycles. The van der Waals surface area contributed by atoms with Crippen molar-refractivity contribution in [3.05, 3.63) is 53.6 Å². The van der Waals surface area contributed by atoms with Crippen LogP contribution in [0.15, 0.2) is 48.1 Å². The van der Waals surface area contributed by atoms with Gasteiger partial charge in [-0.3, -0.25) is 0 Å². The lowest BCUT2D eigenvalue weighted by molar-refractivity contribution is -0.134. The topological polar surface area (TPSA) is 26.3 Å². The number of methoxy groups -OCH3 is 1. The second-order valence-electron chi connectivity index (χ2n) is 3.74. The zero-order chi connectivity index (χ0) is 12.5. The number of hydrogen-bond acceptors (Lipinski definition) is 2. The molecule has 0 saturated heterocycles. The van der Waals surface area contributed by atoms with Crippen LogP contribution in [0.4, 0.5) is 0 Å². The van der Waals surface area contributed by atoms with Crippen LogP contribution in [0.5, 0.6) is 0 Å². The first-order valence-electron chi connectivity index (χ1n) is 5.78. The molecule has 0 N–H and O–H groups in total. The Morgan fingerprint density at radius 2 is 1.94 bits per heavy atom. The van der Waals surface area contributed by atoms with E-state index >= 15 is 0 Å². The van der Waals surface area contributed by atoms with Crippen LogP contribution in [0.25, 0.3) is 6.08 Å². The molecule has 0 amide bonds. The molecule has 17 heavy (non-hydrogen) atoms. The van der Waals surface area contributed by atoms with Gasteiger partial charge >= 0.3 is 5.97 Å². The Bertz CT molecular complexity index is 402. The van der Waals surface area contributed by atoms with Gasteiger partial charge in [0.05, 0.1) is 7.11 Å². The van der Waals surface area contributed by atoms with Crippen LogP contribution < -0.4 is 0 Å². The van der Waals surface area contributed by atoms with E-state index in [4.69, 9.17) is 0 Å². The zero-order valence-corrected chi connectivity index (χ0v) is 10.3. The number of hydrogen-bond donors (Lipinski definition) is 0. The summed E-state index contributed by atoms with van der Waals surface area (Å²) in [5.74, 6) is -0.319. The minimum atomic E-state index is -0.319. The molecule has 1 rings (SSSR count). The molecular weight excluding hydrogens is 212 g/mol. The number of benzene rings is 1. The molecule has 0 aliphatic carbocycles. The molecule has 0 atom stereocenters. The van der Waals surface area contributed by atoms with E-state index in [1.165, 1.54) is 13.2 Å². The average molecular weight is 230 g/mol. The number of allylic oxidation sites excluding steroid dienone is 2. The van der Waals surface area contributed by atoms with Gasteiger partial charge in [0, 0.05) is 6.08 Å². The molecule has 0 heterocycles. The molecule has 0 radical (unpaired) electrons. The van der Waals surface area contributed by atoms with Gasteiger partial charge in [-0.05, 0) is 17.6 Å². The summed E-state index contributed by atoms with van der Waals surface area (Å²) in [6.07, 6.45) is 7.36. The fourth-order valence-electron chi connectivity index (χ4n) is 1.50. The first-order valence-corrected chi connectivity index (χ1v) is 5.78. The average Bonchev–Trinajstić information content (AvgIpc) is 2.37. The van der Waals surface area contributed by atoms with Gasteiger partial charge in [0.2, 0.25) is 0 Å². The molecule has 0 bridgehead atoms. The van der Waals surface area contributed by atoms with E-state index in [1.54, 1.807) is 0 Å². The lowest BCUT2D eigenvalue weighted by Gasteiger charge is -2.00. The summed E-state index contributed by atoms with van der Waals surface area (Å²) < 4.78 is 4.58. The molecule has 0 aliphatic heterocycles. The van der Waals surface area contributed by atoms with E-state index in [2.05, 4.69) is 17.7 Å². The summed E-state index contributed by atoms with van der Waals surface area (Å²) in [6.45, 7) is 2.12. The fraction of sp³-hybridized carbons (Fsp3) is 0.267. The fourth-order valence-corrected chi connectivity index (χ4v) is 1.50. The molecule has 1 aromatic rings. The van der Waals surface area contributed by atoms with Gasteiger partial charge in [-0.1, -0.05) is 55.8 Å². The van der Waals surface area contributed by atoms with Crippen molar-refractivity contribution in [3.8, 4) is 0 Å². The summed E-state index contributed by atoms with van der Waals surface area (Å²) in [7, 11) is 1.38. The van der Waals surface area contributed by atoms with Gasteiger partial charge in [0.25, 0.3) is 0 Å². The van der Waals surface area contributed by atoms with Gasteiger partial charge < -0.3 is 4.74 Å². The molecular formula is C15H18O2. The molecule has 0 saturated carbocycles. The van der Waals surface area contributed by atoms with E-state index in [-0.39, 0.29) is 5.97 Å². The van der Waals surface area contributed by atoms with Gasteiger partial charge in [-0.15, -0.1) is 0 Å². The third kappa shape index (κ3) is 5.16. The second kappa shape index (κ2) is 7.44. The highest BCUT2D eigenvalue weighted by atomic mass is 16.5. The Kier molecular flexibility index (Phi) is 5.80. The Morgan fingerprint density at radius 3 is 2.53 bits per heavy atom. The van der Waals surface area contributed by atoms with E-state index in [1.807, 2.05) is 36.4 Å². The normalized spacial score (nSPS) is 11.8. The van der Waals surface area contributed by atoms with E-state index in [0.29, 0.717) is 0 Å². The van der Waals surface area contributed by atoms with Crippen LogP contribution in [-0.2, 0) is 9.53 Å². The monoisotopic (exact) mass is 230 g/mol. The molecule has 0 fully saturated rings. The quantitative estimate of drug-likeness (QED) is 0.439. The predicted octanol–water partition coefficient (Wildman–Crippen LogP) is 3.60. The van der Waals surface area contributed by atoms with Crippen LogP contribution in [0.2, 0.25) is 0 Å². The van der Waals surface area contributed by atoms with Crippen LogP contribution in [-0.4, -0.2) is 13.1 Å². The number of carbonyl (C=O) groups excluding carboxylic acids is 1. The Morgan fingerprint density at radius 1 is 1.24 bits per heavy atom. The lowest BCUT2D eigenvalue weighted by Crippen LogP contribution is -1.94. The predicted molar refractivity (Wildman–Crippen MR) is 70.5 cm³/mol. The molecule has 2 nitrogen and oxygen atoms in total. The van der Waals surface area contributed by atoms with Crippen molar-refractivity contribution < 1.29 is 9.53 Å². The minimum Gasteiger partial charge on any atom is -0.466 e. The molecule has 0 aliphatic rings. The van der Waals surface area contributed by atoms with Crippen LogP contribution >= 0.6 is 0 Å². The summed E-state index contributed by atoms with van der Waals surface area (Å²) >= 11 is 0. The standard InChI is InChI=1S/C15H18O2/c1-3-7-13(10-11-15(16)17-2)12-14-8-5-4-6-9-14/h4-6,8-12H,3,7H2,1-2H3. The molecule has 0 unspecified atom stereocenters. The highest BCUT2D eigenvalue weighted by Crippen LogP contribution is 2.12. The van der Waals surface area contributed by atoms with Crippen LogP contribution in [0, 0.1) is 0 Å². The molecule has 90 valence electrons. The van der Waals surface area contributed by atoms with E-state index in [9.17, 15) is 4.79 Å². The zero-order valence-electron chi connectivity index (χ0n) is 10.3. The van der Waals surface area contributed by atoms with E-state index < -0.39 is 0 Å². The third-order valence-corrected chi connectivity index (χ3v) is 2.32. The Labute approximate surface area is 103 Å². The molecule has 2 heteroatoms. The van der Waals surface area contributed by atoms with Crippen molar-refractivity contribution >= 4 is 12.0 Å².